The molecule has 1 fully saturated rings. The SMILES string of the molecule is CC(OC(=O)c1c2c(nc3ccccc13)/C(=C/c1cccs1)CCC2)C(=O)N1CCNC1=O. The molecule has 0 radical (unpaired) electrons. The van der Waals surface area contributed by atoms with Crippen LogP contribution in [0.5, 0.6) is 0 Å². The molecule has 1 N–H and O–H groups in total. The van der Waals surface area contributed by atoms with E-state index in [2.05, 4.69) is 17.5 Å². The van der Waals surface area contributed by atoms with Crippen LogP contribution in [0.15, 0.2) is 41.8 Å². The molecular formula is C25H23N3O4S. The Kier molecular flexibility index (Phi) is 5.68. The topological polar surface area (TPSA) is 88.6 Å². The summed E-state index contributed by atoms with van der Waals surface area (Å²) >= 11 is 1.66. The van der Waals surface area contributed by atoms with E-state index in [0.29, 0.717) is 29.4 Å². The highest BCUT2D eigenvalue weighted by molar-refractivity contribution is 7.10. The Morgan fingerprint density at radius 3 is 2.82 bits per heavy atom. The van der Waals surface area contributed by atoms with Gasteiger partial charge in [0.25, 0.3) is 5.91 Å². The van der Waals surface area contributed by atoms with E-state index in [4.69, 9.17) is 9.72 Å². The van der Waals surface area contributed by atoms with Crippen LogP contribution in [0.4, 0.5) is 4.79 Å². The molecular weight excluding hydrogens is 438 g/mol. The minimum absolute atomic E-state index is 0.268. The number of hydrogen-bond acceptors (Lipinski definition) is 6. The zero-order valence-electron chi connectivity index (χ0n) is 18.2. The Balaban J connectivity index is 1.54. The fourth-order valence-corrected chi connectivity index (χ4v) is 5.11. The fraction of sp³-hybridized carbons (Fsp3) is 0.280. The molecule has 1 unspecified atom stereocenters. The van der Waals surface area contributed by atoms with Crippen molar-refractivity contribution < 1.29 is 19.1 Å². The van der Waals surface area contributed by atoms with Crippen molar-refractivity contribution in [2.75, 3.05) is 13.1 Å². The van der Waals surface area contributed by atoms with Crippen LogP contribution < -0.4 is 5.32 Å². The first kappa shape index (κ1) is 21.3. The molecule has 7 nitrogen and oxygen atoms in total. The summed E-state index contributed by atoms with van der Waals surface area (Å²) in [7, 11) is 0. The number of carbonyl (C=O) groups excluding carboxylic acids is 3. The van der Waals surface area contributed by atoms with Gasteiger partial charge >= 0.3 is 12.0 Å². The maximum atomic E-state index is 13.4. The summed E-state index contributed by atoms with van der Waals surface area (Å²) in [5.41, 5.74) is 3.93. The maximum absolute atomic E-state index is 13.4. The number of amides is 3. The molecule has 0 spiro atoms. The van der Waals surface area contributed by atoms with Crippen molar-refractivity contribution in [1.82, 2.24) is 15.2 Å². The van der Waals surface area contributed by atoms with E-state index in [0.717, 1.165) is 39.4 Å². The van der Waals surface area contributed by atoms with Gasteiger partial charge in [-0.2, -0.15) is 0 Å². The molecule has 1 aliphatic carbocycles. The second-order valence-electron chi connectivity index (χ2n) is 8.14. The Hall–Kier alpha value is -3.52. The van der Waals surface area contributed by atoms with Gasteiger partial charge in [0, 0.05) is 23.4 Å². The van der Waals surface area contributed by atoms with E-state index in [-0.39, 0.29) is 6.54 Å². The number of rotatable bonds is 4. The highest BCUT2D eigenvalue weighted by atomic mass is 32.1. The monoisotopic (exact) mass is 461 g/mol. The number of urea groups is 1. The van der Waals surface area contributed by atoms with Crippen LogP contribution in [0.1, 0.15) is 46.3 Å². The molecule has 0 bridgehead atoms. The maximum Gasteiger partial charge on any atom is 0.339 e. The molecule has 1 atom stereocenters. The smallest absolute Gasteiger partial charge is 0.339 e. The van der Waals surface area contributed by atoms with Crippen molar-refractivity contribution in [3.05, 3.63) is 63.5 Å². The lowest BCUT2D eigenvalue weighted by Gasteiger charge is -2.23. The number of ether oxygens (including phenoxy) is 1. The van der Waals surface area contributed by atoms with Crippen LogP contribution in [0, 0.1) is 0 Å². The van der Waals surface area contributed by atoms with E-state index in [9.17, 15) is 14.4 Å². The standard InChI is InChI=1S/C25H23N3O4S/c1-15(23(29)28-12-11-26-25(28)31)32-24(30)21-18-8-2-3-10-20(18)27-22-16(6-4-9-19(21)22)14-17-7-5-13-33-17/h2-3,5,7-8,10,13-15H,4,6,9,11-12H2,1H3,(H,26,31)/b16-14+. The zero-order valence-corrected chi connectivity index (χ0v) is 19.0. The van der Waals surface area contributed by atoms with Gasteiger partial charge in [0.05, 0.1) is 16.8 Å². The van der Waals surface area contributed by atoms with Gasteiger partial charge in [0.2, 0.25) is 0 Å². The van der Waals surface area contributed by atoms with E-state index in [1.165, 1.54) is 6.92 Å². The lowest BCUT2D eigenvalue weighted by atomic mass is 9.86. The molecule has 2 aliphatic rings. The third-order valence-corrected chi connectivity index (χ3v) is 6.81. The third-order valence-electron chi connectivity index (χ3n) is 5.99. The van der Waals surface area contributed by atoms with Gasteiger partial charge in [-0.05, 0) is 60.9 Å². The van der Waals surface area contributed by atoms with Gasteiger partial charge in [0.1, 0.15) is 0 Å². The lowest BCUT2D eigenvalue weighted by Crippen LogP contribution is -2.42. The molecule has 0 saturated carbocycles. The van der Waals surface area contributed by atoms with Crippen LogP contribution in [0.3, 0.4) is 0 Å². The number of hydrogen-bond donors (Lipinski definition) is 1. The molecule has 1 saturated heterocycles. The number of imide groups is 1. The normalized spacial score (nSPS) is 17.7. The number of para-hydroxylation sites is 1. The largest absolute Gasteiger partial charge is 0.449 e. The van der Waals surface area contributed by atoms with Crippen molar-refractivity contribution in [2.24, 2.45) is 0 Å². The first-order valence-electron chi connectivity index (χ1n) is 11.0. The summed E-state index contributed by atoms with van der Waals surface area (Å²) in [5, 5.41) is 5.33. The summed E-state index contributed by atoms with van der Waals surface area (Å²) in [5.74, 6) is -1.09. The minimum atomic E-state index is -1.08. The number of allylic oxidation sites excluding steroid dienone is 1. The van der Waals surface area contributed by atoms with Crippen molar-refractivity contribution in [3.8, 4) is 0 Å². The number of carbonyl (C=O) groups is 3. The Morgan fingerprint density at radius 1 is 1.21 bits per heavy atom. The van der Waals surface area contributed by atoms with Crippen LogP contribution >= 0.6 is 11.3 Å². The van der Waals surface area contributed by atoms with Gasteiger partial charge in [0.15, 0.2) is 6.10 Å². The number of nitrogens with zero attached hydrogens (tertiary/aromatic N) is 2. The van der Waals surface area contributed by atoms with E-state index < -0.39 is 24.0 Å². The fourth-order valence-electron chi connectivity index (χ4n) is 4.42. The predicted octanol–water partition coefficient (Wildman–Crippen LogP) is 4.27. The summed E-state index contributed by atoms with van der Waals surface area (Å²) in [6, 6.07) is 11.1. The summed E-state index contributed by atoms with van der Waals surface area (Å²) in [4.78, 5) is 45.1. The van der Waals surface area contributed by atoms with E-state index in [1.807, 2.05) is 35.7 Å². The van der Waals surface area contributed by atoms with Crippen molar-refractivity contribution in [3.63, 3.8) is 0 Å². The average Bonchev–Trinajstić information content (AvgIpc) is 3.48. The minimum Gasteiger partial charge on any atom is -0.449 e. The molecule has 8 heteroatoms. The Labute approximate surface area is 195 Å². The van der Waals surface area contributed by atoms with Crippen molar-refractivity contribution in [2.45, 2.75) is 32.3 Å². The van der Waals surface area contributed by atoms with Gasteiger partial charge in [-0.1, -0.05) is 24.3 Å². The number of thiophene rings is 1. The highest BCUT2D eigenvalue weighted by Crippen LogP contribution is 2.37. The van der Waals surface area contributed by atoms with Crippen LogP contribution in [0.25, 0.3) is 22.6 Å². The first-order valence-corrected chi connectivity index (χ1v) is 11.9. The number of aromatic nitrogens is 1. The van der Waals surface area contributed by atoms with Gasteiger partial charge in [-0.25, -0.2) is 14.6 Å². The second kappa shape index (κ2) is 8.78. The first-order chi connectivity index (χ1) is 16.0. The average molecular weight is 462 g/mol. The number of fused-ring (bicyclic) bond motifs is 2. The molecule has 3 heterocycles. The Bertz CT molecular complexity index is 1280. The van der Waals surface area contributed by atoms with Gasteiger partial charge in [-0.15, -0.1) is 11.3 Å². The number of nitrogens with one attached hydrogen (secondary N) is 1. The summed E-state index contributed by atoms with van der Waals surface area (Å²) < 4.78 is 5.62. The van der Waals surface area contributed by atoms with Gasteiger partial charge in [-0.3, -0.25) is 9.69 Å². The summed E-state index contributed by atoms with van der Waals surface area (Å²) in [6.07, 6.45) is 3.54. The number of benzene rings is 1. The van der Waals surface area contributed by atoms with Crippen molar-refractivity contribution in [1.29, 1.82) is 0 Å². The van der Waals surface area contributed by atoms with E-state index >= 15 is 0 Å². The molecule has 5 rings (SSSR count). The van der Waals surface area contributed by atoms with Crippen LogP contribution in [-0.4, -0.2) is 47.0 Å². The Morgan fingerprint density at radius 2 is 2.06 bits per heavy atom. The van der Waals surface area contributed by atoms with Crippen LogP contribution in [-0.2, 0) is 16.0 Å². The highest BCUT2D eigenvalue weighted by Gasteiger charge is 2.33. The molecule has 1 aromatic carbocycles. The van der Waals surface area contributed by atoms with Crippen molar-refractivity contribution >= 4 is 51.8 Å². The summed E-state index contributed by atoms with van der Waals surface area (Å²) in [6.45, 7) is 2.17. The molecule has 3 amide bonds. The molecule has 168 valence electrons. The van der Waals surface area contributed by atoms with Crippen LogP contribution in [0.2, 0.25) is 0 Å². The van der Waals surface area contributed by atoms with E-state index in [1.54, 1.807) is 11.3 Å². The molecule has 2 aromatic heterocycles. The third kappa shape index (κ3) is 4.02. The van der Waals surface area contributed by atoms with Gasteiger partial charge < -0.3 is 10.1 Å². The number of pyridine rings is 1. The lowest BCUT2D eigenvalue weighted by molar-refractivity contribution is -0.136. The number of esters is 1. The molecule has 33 heavy (non-hydrogen) atoms. The zero-order chi connectivity index (χ0) is 22.9. The quantitative estimate of drug-likeness (QED) is 0.586. The molecule has 3 aromatic rings. The predicted molar refractivity (Wildman–Crippen MR) is 127 cm³/mol. The molecule has 1 aliphatic heterocycles. The second-order valence-corrected chi connectivity index (χ2v) is 9.12.